The molecule has 0 saturated carbocycles. The van der Waals surface area contributed by atoms with Crippen LogP contribution in [0.5, 0.6) is 0 Å². The molecule has 2 aliphatic heterocycles. The van der Waals surface area contributed by atoms with Gasteiger partial charge in [-0.3, -0.25) is 14.4 Å². The molecule has 2 aliphatic rings. The van der Waals surface area contributed by atoms with Gasteiger partial charge in [-0.2, -0.15) is 0 Å². The number of likely N-dealkylation sites (tertiary alicyclic amines) is 1. The minimum atomic E-state index is -0.570. The summed E-state index contributed by atoms with van der Waals surface area (Å²) in [6, 6.07) is 9.17. The fourth-order valence-electron chi connectivity index (χ4n) is 3.99. The first-order valence-electron chi connectivity index (χ1n) is 10.7. The van der Waals surface area contributed by atoms with E-state index in [1.54, 1.807) is 4.90 Å². The number of nitrogens with one attached hydrogen (secondary N) is 1. The maximum atomic E-state index is 12.9. The molecule has 7 nitrogen and oxygen atoms in total. The molecule has 7 heteroatoms. The monoisotopic (exact) mass is 414 g/mol. The van der Waals surface area contributed by atoms with Gasteiger partial charge in [-0.15, -0.1) is 0 Å². The molecule has 0 radical (unpaired) electrons. The Labute approximate surface area is 177 Å². The fraction of sp³-hybridized carbons (Fsp3) is 0.522. The summed E-state index contributed by atoms with van der Waals surface area (Å²) in [6.45, 7) is 0.735. The summed E-state index contributed by atoms with van der Waals surface area (Å²) in [5, 5.41) is 12.4. The molecule has 0 bridgehead atoms. The second kappa shape index (κ2) is 10.9. The van der Waals surface area contributed by atoms with E-state index in [1.807, 2.05) is 42.5 Å². The average Bonchev–Trinajstić information content (AvgIpc) is 3.24. The third kappa shape index (κ3) is 5.92. The van der Waals surface area contributed by atoms with E-state index in [1.165, 1.54) is 0 Å². The van der Waals surface area contributed by atoms with Crippen molar-refractivity contribution in [2.45, 2.75) is 50.7 Å². The zero-order valence-electron chi connectivity index (χ0n) is 17.2. The number of hydrogen-bond donors (Lipinski definition) is 2. The van der Waals surface area contributed by atoms with Crippen molar-refractivity contribution in [3.8, 4) is 0 Å². The SMILES string of the molecule is O=C1CCC=CC[C@H](CC(=O)N2CCC[C@H]2CO)C(=O)NC[C@@H](c2ccccc2)O1. The first kappa shape index (κ1) is 22.0. The van der Waals surface area contributed by atoms with Crippen LogP contribution >= 0.6 is 0 Å². The molecule has 1 aromatic rings. The highest BCUT2D eigenvalue weighted by Crippen LogP contribution is 2.22. The molecule has 3 atom stereocenters. The standard InChI is InChI=1S/C23H30N2O5/c26-16-19-11-7-13-25(19)21(27)14-18-10-5-2-6-12-22(28)30-20(15-24-23(18)29)17-8-3-1-4-9-17/h1-5,8-9,18-20,26H,6-7,10-16H2,(H,24,29)/t18-,19+,20+/m1/s1. The van der Waals surface area contributed by atoms with Crippen molar-refractivity contribution in [3.05, 3.63) is 48.0 Å². The van der Waals surface area contributed by atoms with E-state index < -0.39 is 12.0 Å². The Morgan fingerprint density at radius 3 is 2.77 bits per heavy atom. The molecule has 0 aliphatic carbocycles. The highest BCUT2D eigenvalue weighted by Gasteiger charge is 2.31. The Morgan fingerprint density at radius 1 is 1.20 bits per heavy atom. The molecule has 1 aromatic carbocycles. The van der Waals surface area contributed by atoms with Crippen molar-refractivity contribution < 1.29 is 24.2 Å². The number of aliphatic hydroxyl groups is 1. The number of aliphatic hydroxyl groups excluding tert-OH is 1. The summed E-state index contributed by atoms with van der Waals surface area (Å²) in [6.07, 6.45) is 6.14. The van der Waals surface area contributed by atoms with E-state index in [2.05, 4.69) is 5.32 Å². The third-order valence-corrected chi connectivity index (χ3v) is 5.71. The lowest BCUT2D eigenvalue weighted by Gasteiger charge is -2.26. The van der Waals surface area contributed by atoms with Crippen molar-refractivity contribution in [1.82, 2.24) is 10.2 Å². The van der Waals surface area contributed by atoms with Crippen molar-refractivity contribution in [2.75, 3.05) is 19.7 Å². The van der Waals surface area contributed by atoms with Crippen LogP contribution in [0.2, 0.25) is 0 Å². The lowest BCUT2D eigenvalue weighted by Crippen LogP contribution is -2.41. The number of nitrogens with zero attached hydrogens (tertiary/aromatic N) is 1. The summed E-state index contributed by atoms with van der Waals surface area (Å²) in [5.74, 6) is -1.14. The molecule has 0 unspecified atom stereocenters. The van der Waals surface area contributed by atoms with Gasteiger partial charge in [0.2, 0.25) is 11.8 Å². The molecule has 2 amide bonds. The molecular weight excluding hydrogens is 384 g/mol. The summed E-state index contributed by atoms with van der Waals surface area (Å²) in [7, 11) is 0. The zero-order chi connectivity index (χ0) is 21.3. The van der Waals surface area contributed by atoms with Crippen LogP contribution in [0, 0.1) is 5.92 Å². The number of cyclic esters (lactones) is 1. The Morgan fingerprint density at radius 2 is 2.00 bits per heavy atom. The number of ether oxygens (including phenoxy) is 1. The van der Waals surface area contributed by atoms with Crippen molar-refractivity contribution in [3.63, 3.8) is 0 Å². The van der Waals surface area contributed by atoms with Gasteiger partial charge in [0, 0.05) is 19.4 Å². The van der Waals surface area contributed by atoms with Crippen molar-refractivity contribution in [2.24, 2.45) is 5.92 Å². The number of amides is 2. The molecule has 0 aromatic heterocycles. The molecule has 2 heterocycles. The Kier molecular flexibility index (Phi) is 8.02. The van der Waals surface area contributed by atoms with Crippen LogP contribution in [0.1, 0.15) is 50.2 Å². The van der Waals surface area contributed by atoms with Gasteiger partial charge < -0.3 is 20.1 Å². The van der Waals surface area contributed by atoms with Gasteiger partial charge >= 0.3 is 5.97 Å². The lowest BCUT2D eigenvalue weighted by molar-refractivity contribution is -0.150. The summed E-state index contributed by atoms with van der Waals surface area (Å²) < 4.78 is 5.59. The first-order chi connectivity index (χ1) is 14.6. The van der Waals surface area contributed by atoms with E-state index in [0.717, 1.165) is 18.4 Å². The number of benzene rings is 1. The van der Waals surface area contributed by atoms with Crippen LogP contribution < -0.4 is 5.32 Å². The van der Waals surface area contributed by atoms with Crippen LogP contribution in [0.4, 0.5) is 0 Å². The van der Waals surface area contributed by atoms with Crippen molar-refractivity contribution in [1.29, 1.82) is 0 Å². The molecule has 30 heavy (non-hydrogen) atoms. The van der Waals surface area contributed by atoms with Crippen LogP contribution in [0.25, 0.3) is 0 Å². The highest BCUT2D eigenvalue weighted by atomic mass is 16.5. The highest BCUT2D eigenvalue weighted by molar-refractivity contribution is 5.86. The molecule has 3 rings (SSSR count). The molecule has 0 spiro atoms. The smallest absolute Gasteiger partial charge is 0.306 e. The maximum absolute atomic E-state index is 12.9. The minimum absolute atomic E-state index is 0.0490. The number of carbonyl (C=O) groups excluding carboxylic acids is 3. The van der Waals surface area contributed by atoms with Gasteiger partial charge in [0.05, 0.1) is 25.1 Å². The van der Waals surface area contributed by atoms with E-state index in [9.17, 15) is 19.5 Å². The predicted octanol–water partition coefficient (Wildman–Crippen LogP) is 2.12. The summed E-state index contributed by atoms with van der Waals surface area (Å²) >= 11 is 0. The predicted molar refractivity (Wildman–Crippen MR) is 111 cm³/mol. The van der Waals surface area contributed by atoms with E-state index >= 15 is 0 Å². The van der Waals surface area contributed by atoms with Gasteiger partial charge in [0.15, 0.2) is 0 Å². The topological polar surface area (TPSA) is 95.9 Å². The van der Waals surface area contributed by atoms with Crippen LogP contribution in [-0.2, 0) is 19.1 Å². The minimum Gasteiger partial charge on any atom is -0.456 e. The van der Waals surface area contributed by atoms with Gasteiger partial charge in [0.25, 0.3) is 0 Å². The first-order valence-corrected chi connectivity index (χ1v) is 10.7. The molecule has 2 N–H and O–H groups in total. The van der Waals surface area contributed by atoms with Gasteiger partial charge in [-0.25, -0.2) is 0 Å². The van der Waals surface area contributed by atoms with Gasteiger partial charge in [-0.1, -0.05) is 42.5 Å². The number of rotatable bonds is 4. The maximum Gasteiger partial charge on any atom is 0.306 e. The Bertz CT molecular complexity index is 764. The number of hydrogen-bond acceptors (Lipinski definition) is 5. The number of allylic oxidation sites excluding steroid dienone is 2. The normalized spacial score (nSPS) is 25.8. The van der Waals surface area contributed by atoms with Crippen LogP contribution in [0.3, 0.4) is 0 Å². The molecular formula is C23H30N2O5. The fourth-order valence-corrected chi connectivity index (χ4v) is 3.99. The average molecular weight is 415 g/mol. The van der Waals surface area contributed by atoms with Gasteiger partial charge in [-0.05, 0) is 31.2 Å². The van der Waals surface area contributed by atoms with Gasteiger partial charge in [0.1, 0.15) is 6.10 Å². The molecule has 1 fully saturated rings. The van der Waals surface area contributed by atoms with Crippen molar-refractivity contribution >= 4 is 17.8 Å². The second-order valence-electron chi connectivity index (χ2n) is 7.85. The Hall–Kier alpha value is -2.67. The third-order valence-electron chi connectivity index (χ3n) is 5.71. The number of esters is 1. The van der Waals surface area contributed by atoms with E-state index in [4.69, 9.17) is 4.74 Å². The summed E-state index contributed by atoms with van der Waals surface area (Å²) in [5.41, 5.74) is 0.814. The largest absolute Gasteiger partial charge is 0.456 e. The molecule has 1 saturated heterocycles. The zero-order valence-corrected chi connectivity index (χ0v) is 17.2. The Balaban J connectivity index is 1.70. The van der Waals surface area contributed by atoms with Crippen LogP contribution in [-0.4, -0.2) is 53.5 Å². The van der Waals surface area contributed by atoms with E-state index in [0.29, 0.717) is 19.4 Å². The lowest BCUT2D eigenvalue weighted by atomic mass is 9.98. The quantitative estimate of drug-likeness (QED) is 0.581. The second-order valence-corrected chi connectivity index (χ2v) is 7.85. The molecule has 162 valence electrons. The number of carbonyl (C=O) groups is 3. The van der Waals surface area contributed by atoms with E-state index in [-0.39, 0.29) is 49.8 Å². The summed E-state index contributed by atoms with van der Waals surface area (Å²) in [4.78, 5) is 39.5. The van der Waals surface area contributed by atoms with Crippen LogP contribution in [0.15, 0.2) is 42.5 Å².